The standard InChI is InChI=1S/C18H25N3O3.ClH/c1-24-17(23)20-15-4-2-3-14(13-15)16(22)21-11-7-18(8-12-21)5-9-19-10-6-18;/h2-4,13,19H,5-12H2,1H3,(H,20,23);1H. The molecule has 2 saturated heterocycles. The summed E-state index contributed by atoms with van der Waals surface area (Å²) in [6.07, 6.45) is 4.06. The summed E-state index contributed by atoms with van der Waals surface area (Å²) in [5, 5.41) is 6.01. The van der Waals surface area contributed by atoms with Crippen LogP contribution >= 0.6 is 12.4 Å². The van der Waals surface area contributed by atoms with Crippen molar-refractivity contribution >= 4 is 30.1 Å². The summed E-state index contributed by atoms with van der Waals surface area (Å²) in [6, 6.07) is 7.01. The summed E-state index contributed by atoms with van der Waals surface area (Å²) in [6.45, 7) is 3.81. The molecule has 138 valence electrons. The van der Waals surface area contributed by atoms with Gasteiger partial charge in [0.15, 0.2) is 0 Å². The highest BCUT2D eigenvalue weighted by Gasteiger charge is 2.36. The molecule has 2 fully saturated rings. The van der Waals surface area contributed by atoms with Gasteiger partial charge in [-0.1, -0.05) is 6.07 Å². The highest BCUT2D eigenvalue weighted by molar-refractivity contribution is 5.96. The summed E-state index contributed by atoms with van der Waals surface area (Å²) in [7, 11) is 1.31. The van der Waals surface area contributed by atoms with Crippen LogP contribution in [0.2, 0.25) is 0 Å². The predicted octanol–water partition coefficient (Wildman–Crippen LogP) is 2.89. The minimum atomic E-state index is -0.537. The van der Waals surface area contributed by atoms with Crippen LogP contribution in [0, 0.1) is 5.41 Å². The molecule has 2 amide bonds. The van der Waals surface area contributed by atoms with E-state index in [1.807, 2.05) is 4.90 Å². The third kappa shape index (κ3) is 4.64. The maximum absolute atomic E-state index is 12.7. The zero-order chi connectivity index (χ0) is 17.0. The van der Waals surface area contributed by atoms with Gasteiger partial charge >= 0.3 is 6.09 Å². The molecule has 2 aliphatic rings. The van der Waals surface area contributed by atoms with E-state index < -0.39 is 6.09 Å². The van der Waals surface area contributed by atoms with Crippen molar-refractivity contribution in [3.8, 4) is 0 Å². The summed E-state index contributed by atoms with van der Waals surface area (Å²) in [5.41, 5.74) is 1.60. The molecular weight excluding hydrogens is 342 g/mol. The van der Waals surface area contributed by atoms with E-state index in [1.54, 1.807) is 24.3 Å². The topological polar surface area (TPSA) is 70.7 Å². The van der Waals surface area contributed by atoms with Crippen molar-refractivity contribution in [3.05, 3.63) is 29.8 Å². The van der Waals surface area contributed by atoms with Crippen LogP contribution in [-0.4, -0.2) is 50.2 Å². The fourth-order valence-electron chi connectivity index (χ4n) is 3.72. The lowest BCUT2D eigenvalue weighted by atomic mass is 9.71. The van der Waals surface area contributed by atoms with E-state index in [-0.39, 0.29) is 18.3 Å². The molecule has 0 bridgehead atoms. The van der Waals surface area contributed by atoms with Crippen LogP contribution in [0.3, 0.4) is 0 Å². The van der Waals surface area contributed by atoms with Gasteiger partial charge < -0.3 is 15.0 Å². The van der Waals surface area contributed by atoms with Crippen LogP contribution in [0.1, 0.15) is 36.0 Å². The van der Waals surface area contributed by atoms with E-state index in [1.165, 1.54) is 20.0 Å². The number of halogens is 1. The number of hydrogen-bond acceptors (Lipinski definition) is 4. The number of anilines is 1. The summed E-state index contributed by atoms with van der Waals surface area (Å²) >= 11 is 0. The van der Waals surface area contributed by atoms with Crippen LogP contribution in [-0.2, 0) is 4.74 Å². The average Bonchev–Trinajstić information content (AvgIpc) is 2.62. The normalized spacial score (nSPS) is 19.0. The fraction of sp³-hybridized carbons (Fsp3) is 0.556. The van der Waals surface area contributed by atoms with Gasteiger partial charge in [-0.2, -0.15) is 0 Å². The number of methoxy groups -OCH3 is 1. The molecule has 25 heavy (non-hydrogen) atoms. The lowest BCUT2D eigenvalue weighted by molar-refractivity contribution is 0.0495. The first kappa shape index (κ1) is 19.5. The van der Waals surface area contributed by atoms with E-state index in [9.17, 15) is 9.59 Å². The first-order chi connectivity index (χ1) is 11.6. The number of ether oxygens (including phenoxy) is 1. The number of piperidine rings is 2. The highest BCUT2D eigenvalue weighted by atomic mass is 35.5. The number of likely N-dealkylation sites (tertiary alicyclic amines) is 1. The van der Waals surface area contributed by atoms with Gasteiger partial charge in [-0.05, 0) is 62.4 Å². The van der Waals surface area contributed by atoms with Crippen molar-refractivity contribution in [1.82, 2.24) is 10.2 Å². The lowest BCUT2D eigenvalue weighted by Gasteiger charge is -2.44. The zero-order valence-electron chi connectivity index (χ0n) is 14.5. The predicted molar refractivity (Wildman–Crippen MR) is 99.4 cm³/mol. The van der Waals surface area contributed by atoms with E-state index in [0.29, 0.717) is 16.7 Å². The number of hydrogen-bond donors (Lipinski definition) is 2. The number of amides is 2. The van der Waals surface area contributed by atoms with Crippen LogP contribution in [0.4, 0.5) is 10.5 Å². The molecule has 2 aliphatic heterocycles. The van der Waals surface area contributed by atoms with Crippen LogP contribution in [0.15, 0.2) is 24.3 Å². The Morgan fingerprint density at radius 3 is 2.48 bits per heavy atom. The second kappa shape index (κ2) is 8.54. The number of rotatable bonds is 2. The number of benzene rings is 1. The average molecular weight is 368 g/mol. The van der Waals surface area contributed by atoms with Crippen molar-refractivity contribution in [2.75, 3.05) is 38.6 Å². The third-order valence-corrected chi connectivity index (χ3v) is 5.32. The van der Waals surface area contributed by atoms with Gasteiger partial charge in [0.1, 0.15) is 0 Å². The van der Waals surface area contributed by atoms with Crippen LogP contribution in [0.25, 0.3) is 0 Å². The lowest BCUT2D eigenvalue weighted by Crippen LogP contribution is -2.47. The number of nitrogens with one attached hydrogen (secondary N) is 2. The summed E-state index contributed by atoms with van der Waals surface area (Å²) in [5.74, 6) is 0.0345. The minimum Gasteiger partial charge on any atom is -0.453 e. The number of carbonyl (C=O) groups is 2. The third-order valence-electron chi connectivity index (χ3n) is 5.32. The van der Waals surface area contributed by atoms with Crippen molar-refractivity contribution in [2.24, 2.45) is 5.41 Å². The van der Waals surface area contributed by atoms with Crippen molar-refractivity contribution in [1.29, 1.82) is 0 Å². The molecule has 0 aliphatic carbocycles. The van der Waals surface area contributed by atoms with Gasteiger partial charge in [-0.25, -0.2) is 4.79 Å². The van der Waals surface area contributed by atoms with E-state index in [2.05, 4.69) is 15.4 Å². The SMILES string of the molecule is COC(=O)Nc1cccc(C(=O)N2CCC3(CCNCC3)CC2)c1.Cl. The summed E-state index contributed by atoms with van der Waals surface area (Å²) < 4.78 is 4.58. The molecule has 0 unspecified atom stereocenters. The van der Waals surface area contributed by atoms with Crippen molar-refractivity contribution in [3.63, 3.8) is 0 Å². The Labute approximate surface area is 154 Å². The second-order valence-electron chi connectivity index (χ2n) is 6.74. The smallest absolute Gasteiger partial charge is 0.411 e. The molecule has 0 atom stereocenters. The molecular formula is C18H26ClN3O3. The van der Waals surface area contributed by atoms with Crippen molar-refractivity contribution in [2.45, 2.75) is 25.7 Å². The zero-order valence-corrected chi connectivity index (χ0v) is 15.4. The van der Waals surface area contributed by atoms with E-state index in [4.69, 9.17) is 0 Å². The monoisotopic (exact) mass is 367 g/mol. The van der Waals surface area contributed by atoms with Gasteiger partial charge in [-0.3, -0.25) is 10.1 Å². The number of carbonyl (C=O) groups excluding carboxylic acids is 2. The van der Waals surface area contributed by atoms with Gasteiger partial charge in [0.25, 0.3) is 5.91 Å². The maximum Gasteiger partial charge on any atom is 0.411 e. The molecule has 7 heteroatoms. The molecule has 2 heterocycles. The van der Waals surface area contributed by atoms with E-state index in [0.717, 1.165) is 39.0 Å². The van der Waals surface area contributed by atoms with E-state index >= 15 is 0 Å². The number of nitrogens with zero attached hydrogens (tertiary/aromatic N) is 1. The maximum atomic E-state index is 12.7. The van der Waals surface area contributed by atoms with Gasteiger partial charge in [0.05, 0.1) is 7.11 Å². The molecule has 1 spiro atoms. The Morgan fingerprint density at radius 2 is 1.84 bits per heavy atom. The molecule has 6 nitrogen and oxygen atoms in total. The van der Waals surface area contributed by atoms with Gasteiger partial charge in [0.2, 0.25) is 0 Å². The molecule has 3 rings (SSSR count). The van der Waals surface area contributed by atoms with Gasteiger partial charge in [0, 0.05) is 24.3 Å². The minimum absolute atomic E-state index is 0. The first-order valence-corrected chi connectivity index (χ1v) is 8.57. The quantitative estimate of drug-likeness (QED) is 0.843. The Kier molecular flexibility index (Phi) is 6.67. The Bertz CT molecular complexity index is 607. The molecule has 1 aromatic carbocycles. The Hall–Kier alpha value is -1.79. The second-order valence-corrected chi connectivity index (χ2v) is 6.74. The molecule has 0 radical (unpaired) electrons. The van der Waals surface area contributed by atoms with Crippen LogP contribution in [0.5, 0.6) is 0 Å². The molecule has 2 N–H and O–H groups in total. The molecule has 0 saturated carbocycles. The Morgan fingerprint density at radius 1 is 1.16 bits per heavy atom. The van der Waals surface area contributed by atoms with Crippen LogP contribution < -0.4 is 10.6 Å². The summed E-state index contributed by atoms with van der Waals surface area (Å²) in [4.78, 5) is 26.0. The Balaban J connectivity index is 0.00000225. The van der Waals surface area contributed by atoms with Gasteiger partial charge in [-0.15, -0.1) is 12.4 Å². The molecule has 1 aromatic rings. The largest absolute Gasteiger partial charge is 0.453 e. The van der Waals surface area contributed by atoms with Crippen molar-refractivity contribution < 1.29 is 14.3 Å². The fourth-order valence-corrected chi connectivity index (χ4v) is 3.72. The first-order valence-electron chi connectivity index (χ1n) is 8.57. The highest BCUT2D eigenvalue weighted by Crippen LogP contribution is 2.39. The molecule has 0 aromatic heterocycles.